The zero-order chi connectivity index (χ0) is 15.6. The summed E-state index contributed by atoms with van der Waals surface area (Å²) in [4.78, 5) is 2.02. The van der Waals surface area contributed by atoms with Gasteiger partial charge in [0.25, 0.3) is 0 Å². The number of halogens is 2. The van der Waals surface area contributed by atoms with Crippen molar-refractivity contribution in [1.82, 2.24) is 9.62 Å². The second-order valence-corrected chi connectivity index (χ2v) is 8.38. The van der Waals surface area contributed by atoms with Gasteiger partial charge >= 0.3 is 0 Å². The molecule has 7 heteroatoms. The van der Waals surface area contributed by atoms with Gasteiger partial charge in [0.05, 0.1) is 5.02 Å². The van der Waals surface area contributed by atoms with Crippen LogP contribution in [0.2, 0.25) is 10.0 Å². The standard InChI is InChI=1S/C13H20Cl2N2O2S/c1-13(2,9-17(3)4)8-16-20(18,19)12-7-10(14)5-6-11(12)15/h5-7,16H,8-9H2,1-4H3. The van der Waals surface area contributed by atoms with Crippen LogP contribution in [0.4, 0.5) is 0 Å². The molecule has 0 saturated heterocycles. The first-order chi connectivity index (χ1) is 9.03. The van der Waals surface area contributed by atoms with Gasteiger partial charge in [-0.15, -0.1) is 0 Å². The van der Waals surface area contributed by atoms with Crippen LogP contribution in [-0.2, 0) is 10.0 Å². The fraction of sp³-hybridized carbons (Fsp3) is 0.538. The molecule has 0 aliphatic rings. The monoisotopic (exact) mass is 338 g/mol. The fourth-order valence-corrected chi connectivity index (χ4v) is 3.97. The molecule has 114 valence electrons. The normalized spacial score (nSPS) is 12.9. The maximum Gasteiger partial charge on any atom is 0.242 e. The second-order valence-electron chi connectivity index (χ2n) is 5.80. The fourth-order valence-electron chi connectivity index (χ4n) is 1.96. The summed E-state index contributed by atoms with van der Waals surface area (Å²) >= 11 is 11.8. The molecular formula is C13H20Cl2N2O2S. The van der Waals surface area contributed by atoms with E-state index in [-0.39, 0.29) is 15.3 Å². The Labute approximate surface area is 131 Å². The molecule has 0 saturated carbocycles. The molecule has 0 spiro atoms. The molecule has 0 aliphatic heterocycles. The number of nitrogens with zero attached hydrogens (tertiary/aromatic N) is 1. The van der Waals surface area contributed by atoms with Crippen LogP contribution in [-0.4, -0.2) is 40.5 Å². The van der Waals surface area contributed by atoms with Gasteiger partial charge in [-0.1, -0.05) is 37.0 Å². The molecule has 1 aromatic carbocycles. The summed E-state index contributed by atoms with van der Waals surface area (Å²) in [5.74, 6) is 0. The minimum absolute atomic E-state index is 0.00678. The number of rotatable bonds is 6. The summed E-state index contributed by atoms with van der Waals surface area (Å²) in [6, 6.07) is 4.38. The Balaban J connectivity index is 2.88. The van der Waals surface area contributed by atoms with Crippen molar-refractivity contribution in [3.63, 3.8) is 0 Å². The summed E-state index contributed by atoms with van der Waals surface area (Å²) in [6.07, 6.45) is 0. The van der Waals surface area contributed by atoms with Gasteiger partial charge < -0.3 is 4.90 Å². The quantitative estimate of drug-likeness (QED) is 0.867. The van der Waals surface area contributed by atoms with E-state index in [9.17, 15) is 8.42 Å². The molecule has 0 aliphatic carbocycles. The Morgan fingerprint density at radius 2 is 1.85 bits per heavy atom. The van der Waals surface area contributed by atoms with Crippen molar-refractivity contribution < 1.29 is 8.42 Å². The van der Waals surface area contributed by atoms with Gasteiger partial charge in [-0.25, -0.2) is 13.1 Å². The molecule has 0 fully saturated rings. The van der Waals surface area contributed by atoms with Gasteiger partial charge in [0.1, 0.15) is 4.90 Å². The van der Waals surface area contributed by atoms with Gasteiger partial charge in [-0.05, 0) is 37.7 Å². The first kappa shape index (κ1) is 17.7. The van der Waals surface area contributed by atoms with E-state index in [1.807, 2.05) is 32.8 Å². The highest BCUT2D eigenvalue weighted by molar-refractivity contribution is 7.89. The van der Waals surface area contributed by atoms with E-state index >= 15 is 0 Å². The third kappa shape index (κ3) is 5.22. The van der Waals surface area contributed by atoms with E-state index in [4.69, 9.17) is 23.2 Å². The van der Waals surface area contributed by atoms with Crippen molar-refractivity contribution in [3.8, 4) is 0 Å². The van der Waals surface area contributed by atoms with E-state index in [2.05, 4.69) is 4.72 Å². The number of nitrogens with one attached hydrogen (secondary N) is 1. The van der Waals surface area contributed by atoms with Crippen LogP contribution >= 0.6 is 23.2 Å². The van der Waals surface area contributed by atoms with Crippen molar-refractivity contribution in [2.45, 2.75) is 18.7 Å². The van der Waals surface area contributed by atoms with Crippen molar-refractivity contribution in [3.05, 3.63) is 28.2 Å². The number of sulfonamides is 1. The number of hydrogen-bond donors (Lipinski definition) is 1. The lowest BCUT2D eigenvalue weighted by Gasteiger charge is -2.28. The van der Waals surface area contributed by atoms with E-state index < -0.39 is 10.0 Å². The smallest absolute Gasteiger partial charge is 0.242 e. The van der Waals surface area contributed by atoms with Gasteiger partial charge in [-0.3, -0.25) is 0 Å². The molecule has 0 amide bonds. The van der Waals surface area contributed by atoms with Gasteiger partial charge in [0.2, 0.25) is 10.0 Å². The van der Waals surface area contributed by atoms with Crippen LogP contribution in [0.5, 0.6) is 0 Å². The van der Waals surface area contributed by atoms with Crippen LogP contribution in [0, 0.1) is 5.41 Å². The second kappa shape index (κ2) is 6.62. The Kier molecular flexibility index (Phi) is 5.87. The third-order valence-electron chi connectivity index (χ3n) is 2.67. The average molecular weight is 339 g/mol. The molecule has 0 heterocycles. The lowest BCUT2D eigenvalue weighted by Crippen LogP contribution is -2.40. The van der Waals surface area contributed by atoms with Gasteiger partial charge in [0.15, 0.2) is 0 Å². The minimum atomic E-state index is -3.67. The first-order valence-corrected chi connectivity index (χ1v) is 8.37. The Hall–Kier alpha value is -0.330. The molecule has 0 radical (unpaired) electrons. The van der Waals surface area contributed by atoms with Crippen LogP contribution < -0.4 is 4.72 Å². The Bertz CT molecular complexity index is 572. The van der Waals surface area contributed by atoms with Crippen molar-refractivity contribution in [2.75, 3.05) is 27.2 Å². The van der Waals surface area contributed by atoms with Crippen molar-refractivity contribution in [1.29, 1.82) is 0 Å². The third-order valence-corrected chi connectivity index (χ3v) is 4.79. The molecule has 1 rings (SSSR count). The van der Waals surface area contributed by atoms with E-state index in [0.717, 1.165) is 6.54 Å². The molecule has 0 aromatic heterocycles. The van der Waals surface area contributed by atoms with Crippen molar-refractivity contribution >= 4 is 33.2 Å². The SMILES string of the molecule is CN(C)CC(C)(C)CNS(=O)(=O)c1cc(Cl)ccc1Cl. The van der Waals surface area contributed by atoms with Gasteiger partial charge in [-0.2, -0.15) is 0 Å². The van der Waals surface area contributed by atoms with E-state index in [1.165, 1.54) is 12.1 Å². The molecule has 0 atom stereocenters. The molecular weight excluding hydrogens is 319 g/mol. The molecule has 0 unspecified atom stereocenters. The highest BCUT2D eigenvalue weighted by Crippen LogP contribution is 2.25. The van der Waals surface area contributed by atoms with E-state index in [1.54, 1.807) is 6.07 Å². The number of benzene rings is 1. The van der Waals surface area contributed by atoms with Crippen LogP contribution in [0.15, 0.2) is 23.1 Å². The summed E-state index contributed by atoms with van der Waals surface area (Å²) in [6.45, 7) is 5.07. The summed E-state index contributed by atoms with van der Waals surface area (Å²) in [7, 11) is 0.230. The number of hydrogen-bond acceptors (Lipinski definition) is 3. The average Bonchev–Trinajstić information content (AvgIpc) is 2.28. The summed E-state index contributed by atoms with van der Waals surface area (Å²) in [5.41, 5.74) is -0.193. The zero-order valence-corrected chi connectivity index (χ0v) is 14.4. The molecule has 4 nitrogen and oxygen atoms in total. The minimum Gasteiger partial charge on any atom is -0.309 e. The molecule has 1 N–H and O–H groups in total. The maximum atomic E-state index is 12.3. The summed E-state index contributed by atoms with van der Waals surface area (Å²) < 4.78 is 27.1. The van der Waals surface area contributed by atoms with Crippen molar-refractivity contribution in [2.24, 2.45) is 5.41 Å². The first-order valence-electron chi connectivity index (χ1n) is 6.13. The molecule has 0 bridgehead atoms. The maximum absolute atomic E-state index is 12.3. The molecule has 20 heavy (non-hydrogen) atoms. The molecule has 1 aromatic rings. The topological polar surface area (TPSA) is 49.4 Å². The van der Waals surface area contributed by atoms with Gasteiger partial charge in [0, 0.05) is 18.1 Å². The van der Waals surface area contributed by atoms with Crippen LogP contribution in [0.1, 0.15) is 13.8 Å². The Morgan fingerprint density at radius 1 is 1.25 bits per heavy atom. The van der Waals surface area contributed by atoms with Crippen LogP contribution in [0.25, 0.3) is 0 Å². The lowest BCUT2D eigenvalue weighted by atomic mass is 9.93. The van der Waals surface area contributed by atoms with E-state index in [0.29, 0.717) is 11.6 Å². The highest BCUT2D eigenvalue weighted by Gasteiger charge is 2.24. The zero-order valence-electron chi connectivity index (χ0n) is 12.1. The predicted octanol–water partition coefficient (Wildman–Crippen LogP) is 2.86. The summed E-state index contributed by atoms with van der Waals surface area (Å²) in [5, 5.41) is 0.495. The predicted molar refractivity (Wildman–Crippen MR) is 84.0 cm³/mol. The largest absolute Gasteiger partial charge is 0.309 e. The van der Waals surface area contributed by atoms with Crippen LogP contribution in [0.3, 0.4) is 0 Å². The Morgan fingerprint density at radius 3 is 2.40 bits per heavy atom. The highest BCUT2D eigenvalue weighted by atomic mass is 35.5. The lowest BCUT2D eigenvalue weighted by molar-refractivity contribution is 0.242.